The van der Waals surface area contributed by atoms with Gasteiger partial charge in [-0.3, -0.25) is 4.79 Å². The number of likely N-dealkylation sites (tertiary alicyclic amines) is 1. The molecular formula is C16H20N4O3. The average molecular weight is 316 g/mol. The quantitative estimate of drug-likeness (QED) is 0.935. The Morgan fingerprint density at radius 3 is 2.78 bits per heavy atom. The van der Waals surface area contributed by atoms with Crippen molar-refractivity contribution in [2.75, 3.05) is 6.54 Å². The molecule has 1 aliphatic rings. The van der Waals surface area contributed by atoms with E-state index >= 15 is 0 Å². The van der Waals surface area contributed by atoms with E-state index in [0.29, 0.717) is 30.6 Å². The molecule has 1 amide bonds. The van der Waals surface area contributed by atoms with E-state index in [4.69, 9.17) is 0 Å². The second-order valence-corrected chi connectivity index (χ2v) is 6.21. The van der Waals surface area contributed by atoms with Gasteiger partial charge in [0.2, 0.25) is 0 Å². The molecule has 0 radical (unpaired) electrons. The summed E-state index contributed by atoms with van der Waals surface area (Å²) < 4.78 is 1.81. The molecule has 7 heteroatoms. The Morgan fingerprint density at radius 2 is 2.13 bits per heavy atom. The number of aliphatic carboxylic acids is 1. The van der Waals surface area contributed by atoms with Crippen LogP contribution in [0, 0.1) is 6.92 Å². The molecule has 1 saturated heterocycles. The van der Waals surface area contributed by atoms with Crippen LogP contribution in [0.4, 0.5) is 0 Å². The summed E-state index contributed by atoms with van der Waals surface area (Å²) in [5.41, 5.74) is 1.79. The third-order valence-electron chi connectivity index (χ3n) is 4.28. The minimum atomic E-state index is -0.949. The number of carboxylic acid groups (broad SMARTS) is 1. The summed E-state index contributed by atoms with van der Waals surface area (Å²) in [4.78, 5) is 30.0. The third-order valence-corrected chi connectivity index (χ3v) is 4.28. The van der Waals surface area contributed by atoms with Crippen LogP contribution in [0.15, 0.2) is 12.3 Å². The Bertz CT molecular complexity index is 781. The second kappa shape index (κ2) is 5.64. The number of rotatable bonds is 3. The summed E-state index contributed by atoms with van der Waals surface area (Å²) in [6.07, 6.45) is 2.90. The highest BCUT2D eigenvalue weighted by Crippen LogP contribution is 2.24. The lowest BCUT2D eigenvalue weighted by Crippen LogP contribution is -2.40. The fourth-order valence-electron chi connectivity index (χ4n) is 3.08. The van der Waals surface area contributed by atoms with Crippen LogP contribution in [0.25, 0.3) is 11.0 Å². The fourth-order valence-corrected chi connectivity index (χ4v) is 3.08. The molecule has 23 heavy (non-hydrogen) atoms. The predicted molar refractivity (Wildman–Crippen MR) is 84.3 cm³/mol. The first-order valence-corrected chi connectivity index (χ1v) is 7.78. The topological polar surface area (TPSA) is 88.3 Å². The number of carboxylic acids is 1. The monoisotopic (exact) mass is 316 g/mol. The van der Waals surface area contributed by atoms with E-state index in [0.717, 1.165) is 11.0 Å². The molecule has 0 saturated carbocycles. The third kappa shape index (κ3) is 2.56. The Labute approximate surface area is 133 Å². The van der Waals surface area contributed by atoms with Gasteiger partial charge >= 0.3 is 5.97 Å². The van der Waals surface area contributed by atoms with Gasteiger partial charge in [0.05, 0.1) is 17.5 Å². The van der Waals surface area contributed by atoms with Crippen molar-refractivity contribution < 1.29 is 14.7 Å². The van der Waals surface area contributed by atoms with Gasteiger partial charge in [0.25, 0.3) is 5.91 Å². The lowest BCUT2D eigenvalue weighted by atomic mass is 10.1. The van der Waals surface area contributed by atoms with Gasteiger partial charge in [-0.25, -0.2) is 14.5 Å². The molecule has 0 spiro atoms. The maximum Gasteiger partial charge on any atom is 0.326 e. The minimum absolute atomic E-state index is 0.177. The molecular weight excluding hydrogens is 296 g/mol. The van der Waals surface area contributed by atoms with E-state index in [-0.39, 0.29) is 11.9 Å². The predicted octanol–water partition coefficient (Wildman–Crippen LogP) is 2.01. The SMILES string of the molecule is Cc1nc2c(cnn2C(C)C)cc1C(=O)N1CCCC1C(=O)O. The maximum absolute atomic E-state index is 12.8. The summed E-state index contributed by atoms with van der Waals surface area (Å²) in [5, 5.41) is 14.4. The number of fused-ring (bicyclic) bond motifs is 1. The van der Waals surface area contributed by atoms with Crippen LogP contribution in [0.2, 0.25) is 0 Å². The lowest BCUT2D eigenvalue weighted by molar-refractivity contribution is -0.141. The smallest absolute Gasteiger partial charge is 0.326 e. The van der Waals surface area contributed by atoms with Crippen molar-refractivity contribution >= 4 is 22.9 Å². The first-order chi connectivity index (χ1) is 10.9. The number of carbonyl (C=O) groups excluding carboxylic acids is 1. The molecule has 2 aromatic rings. The average Bonchev–Trinajstić information content (AvgIpc) is 3.11. The van der Waals surface area contributed by atoms with Crippen molar-refractivity contribution in [3.63, 3.8) is 0 Å². The molecule has 122 valence electrons. The molecule has 0 aromatic carbocycles. The lowest BCUT2D eigenvalue weighted by Gasteiger charge is -2.22. The summed E-state index contributed by atoms with van der Waals surface area (Å²) in [7, 11) is 0. The summed E-state index contributed by atoms with van der Waals surface area (Å²) >= 11 is 0. The maximum atomic E-state index is 12.8. The largest absolute Gasteiger partial charge is 0.480 e. The Hall–Kier alpha value is -2.44. The minimum Gasteiger partial charge on any atom is -0.480 e. The second-order valence-electron chi connectivity index (χ2n) is 6.21. The van der Waals surface area contributed by atoms with Crippen molar-refractivity contribution in [3.05, 3.63) is 23.5 Å². The number of aryl methyl sites for hydroxylation is 1. The zero-order chi connectivity index (χ0) is 16.7. The van der Waals surface area contributed by atoms with Gasteiger partial charge in [0.15, 0.2) is 5.65 Å². The zero-order valence-electron chi connectivity index (χ0n) is 13.5. The van der Waals surface area contributed by atoms with E-state index < -0.39 is 12.0 Å². The number of aromatic nitrogens is 3. The van der Waals surface area contributed by atoms with E-state index in [1.807, 2.05) is 18.5 Å². The molecule has 1 aliphatic heterocycles. The number of pyridine rings is 1. The molecule has 3 heterocycles. The van der Waals surface area contributed by atoms with Gasteiger partial charge in [-0.05, 0) is 39.7 Å². The van der Waals surface area contributed by atoms with Crippen molar-refractivity contribution in [1.82, 2.24) is 19.7 Å². The molecule has 0 aliphatic carbocycles. The number of carbonyl (C=O) groups is 2. The van der Waals surface area contributed by atoms with Crippen LogP contribution in [0.3, 0.4) is 0 Å². The highest BCUT2D eigenvalue weighted by molar-refractivity contribution is 6.00. The van der Waals surface area contributed by atoms with E-state index in [2.05, 4.69) is 10.1 Å². The normalized spacial score (nSPS) is 18.1. The van der Waals surface area contributed by atoms with Crippen LogP contribution in [0.1, 0.15) is 48.8 Å². The van der Waals surface area contributed by atoms with Gasteiger partial charge in [-0.1, -0.05) is 0 Å². The van der Waals surface area contributed by atoms with Crippen LogP contribution < -0.4 is 0 Å². The van der Waals surface area contributed by atoms with Gasteiger partial charge in [0.1, 0.15) is 6.04 Å². The number of hydrogen-bond donors (Lipinski definition) is 1. The summed E-state index contributed by atoms with van der Waals surface area (Å²) in [6.45, 7) is 6.28. The zero-order valence-corrected chi connectivity index (χ0v) is 13.5. The van der Waals surface area contributed by atoms with Crippen LogP contribution in [-0.2, 0) is 4.79 Å². The highest BCUT2D eigenvalue weighted by atomic mass is 16.4. The van der Waals surface area contributed by atoms with Crippen molar-refractivity contribution in [2.45, 2.75) is 45.7 Å². The molecule has 1 unspecified atom stereocenters. The Balaban J connectivity index is 2.01. The number of amides is 1. The van der Waals surface area contributed by atoms with Crippen LogP contribution in [-0.4, -0.2) is 49.2 Å². The summed E-state index contributed by atoms with van der Waals surface area (Å²) in [6, 6.07) is 1.20. The van der Waals surface area contributed by atoms with Crippen LogP contribution in [0.5, 0.6) is 0 Å². The highest BCUT2D eigenvalue weighted by Gasteiger charge is 2.35. The number of nitrogens with zero attached hydrogens (tertiary/aromatic N) is 4. The number of hydrogen-bond acceptors (Lipinski definition) is 4. The molecule has 1 fully saturated rings. The fraction of sp³-hybridized carbons (Fsp3) is 0.500. The van der Waals surface area contributed by atoms with Gasteiger partial charge in [0, 0.05) is 18.0 Å². The van der Waals surface area contributed by atoms with Crippen molar-refractivity contribution in [1.29, 1.82) is 0 Å². The standard InChI is InChI=1S/C16H20N4O3/c1-9(2)20-14-11(8-17-20)7-12(10(3)18-14)15(21)19-6-4-5-13(19)16(22)23/h7-9,13H,4-6H2,1-3H3,(H,22,23). The van der Waals surface area contributed by atoms with Crippen molar-refractivity contribution in [3.8, 4) is 0 Å². The first-order valence-electron chi connectivity index (χ1n) is 7.78. The molecule has 1 atom stereocenters. The molecule has 1 N–H and O–H groups in total. The molecule has 7 nitrogen and oxygen atoms in total. The Kier molecular flexibility index (Phi) is 3.79. The van der Waals surface area contributed by atoms with Gasteiger partial charge in [-0.2, -0.15) is 5.10 Å². The van der Waals surface area contributed by atoms with Gasteiger partial charge < -0.3 is 10.0 Å². The van der Waals surface area contributed by atoms with E-state index in [9.17, 15) is 14.7 Å². The van der Waals surface area contributed by atoms with E-state index in [1.54, 1.807) is 19.2 Å². The van der Waals surface area contributed by atoms with Gasteiger partial charge in [-0.15, -0.1) is 0 Å². The molecule has 3 rings (SSSR count). The van der Waals surface area contributed by atoms with Crippen molar-refractivity contribution in [2.24, 2.45) is 0 Å². The first kappa shape index (κ1) is 15.5. The Morgan fingerprint density at radius 1 is 1.39 bits per heavy atom. The van der Waals surface area contributed by atoms with Crippen LogP contribution >= 0.6 is 0 Å². The van der Waals surface area contributed by atoms with E-state index in [1.165, 1.54) is 4.90 Å². The summed E-state index contributed by atoms with van der Waals surface area (Å²) in [5.74, 6) is -1.21. The molecule has 0 bridgehead atoms. The molecule has 2 aromatic heterocycles.